The monoisotopic (exact) mass is 249 g/mol. The van der Waals surface area contributed by atoms with Crippen LogP contribution in [0.25, 0.3) is 0 Å². The summed E-state index contributed by atoms with van der Waals surface area (Å²) in [5.41, 5.74) is 1.71. The minimum atomic E-state index is -0.536. The van der Waals surface area contributed by atoms with E-state index in [1.54, 1.807) is 12.3 Å². The number of ketones is 1. The largest absolute Gasteiger partial charge is 0.289 e. The zero-order valence-electron chi connectivity index (χ0n) is 9.08. The van der Waals surface area contributed by atoms with Crippen LogP contribution in [-0.4, -0.2) is 10.8 Å². The van der Waals surface area contributed by atoms with Gasteiger partial charge in [-0.25, -0.2) is 4.39 Å². The highest BCUT2D eigenvalue weighted by atomic mass is 35.5. The Kier molecular flexibility index (Phi) is 3.20. The number of aromatic nitrogens is 1. The Bertz CT molecular complexity index is 583. The van der Waals surface area contributed by atoms with Crippen molar-refractivity contribution in [2.75, 3.05) is 0 Å². The van der Waals surface area contributed by atoms with Crippen molar-refractivity contribution in [3.63, 3.8) is 0 Å². The molecule has 0 fully saturated rings. The van der Waals surface area contributed by atoms with E-state index >= 15 is 0 Å². The fourth-order valence-corrected chi connectivity index (χ4v) is 1.66. The van der Waals surface area contributed by atoms with E-state index in [9.17, 15) is 9.18 Å². The third kappa shape index (κ3) is 2.50. The zero-order chi connectivity index (χ0) is 12.4. The molecule has 1 heterocycles. The van der Waals surface area contributed by atoms with Crippen LogP contribution in [0.2, 0.25) is 5.02 Å². The topological polar surface area (TPSA) is 30.0 Å². The first kappa shape index (κ1) is 11.7. The van der Waals surface area contributed by atoms with Crippen molar-refractivity contribution >= 4 is 17.4 Å². The van der Waals surface area contributed by atoms with Gasteiger partial charge in [0.2, 0.25) is 0 Å². The van der Waals surface area contributed by atoms with Crippen molar-refractivity contribution in [1.29, 1.82) is 0 Å². The molecule has 1 aromatic heterocycles. The second kappa shape index (κ2) is 4.63. The van der Waals surface area contributed by atoms with Crippen LogP contribution in [0.15, 0.2) is 36.7 Å². The smallest absolute Gasteiger partial charge is 0.194 e. The summed E-state index contributed by atoms with van der Waals surface area (Å²) in [4.78, 5) is 16.0. The number of carbonyl (C=O) groups excluding carboxylic acids is 1. The third-order valence-corrected chi connectivity index (χ3v) is 2.61. The highest BCUT2D eigenvalue weighted by Gasteiger charge is 2.11. The number of nitrogens with zero attached hydrogens (tertiary/aromatic N) is 1. The summed E-state index contributed by atoms with van der Waals surface area (Å²) in [6, 6.07) is 5.64. The molecule has 0 amide bonds. The molecule has 2 aromatic rings. The summed E-state index contributed by atoms with van der Waals surface area (Å²) in [6.07, 6.45) is 3.14. The average Bonchev–Trinajstić information content (AvgIpc) is 2.32. The van der Waals surface area contributed by atoms with Gasteiger partial charge in [0.15, 0.2) is 5.78 Å². The van der Waals surface area contributed by atoms with Gasteiger partial charge < -0.3 is 0 Å². The number of carbonyl (C=O) groups is 1. The van der Waals surface area contributed by atoms with Crippen molar-refractivity contribution in [1.82, 2.24) is 4.98 Å². The maximum absolute atomic E-state index is 13.0. The van der Waals surface area contributed by atoms with E-state index in [0.29, 0.717) is 11.1 Å². The molecule has 2 nitrogen and oxygen atoms in total. The van der Waals surface area contributed by atoms with E-state index in [-0.39, 0.29) is 10.8 Å². The Balaban J connectivity index is 2.40. The molecule has 4 heteroatoms. The van der Waals surface area contributed by atoms with Crippen LogP contribution in [0.5, 0.6) is 0 Å². The minimum Gasteiger partial charge on any atom is -0.289 e. The Morgan fingerprint density at radius 3 is 2.65 bits per heavy atom. The Labute approximate surface area is 103 Å². The molecule has 0 aliphatic carbocycles. The van der Waals surface area contributed by atoms with E-state index in [1.807, 2.05) is 6.92 Å². The molecule has 0 saturated carbocycles. The molecule has 0 N–H and O–H groups in total. The molecule has 0 atom stereocenters. The second-order valence-corrected chi connectivity index (χ2v) is 4.12. The number of rotatable bonds is 2. The van der Waals surface area contributed by atoms with Crippen LogP contribution in [0.4, 0.5) is 4.39 Å². The lowest BCUT2D eigenvalue weighted by Crippen LogP contribution is -2.02. The maximum Gasteiger partial charge on any atom is 0.194 e. The lowest BCUT2D eigenvalue weighted by atomic mass is 10.0. The number of hydrogen-bond donors (Lipinski definition) is 0. The van der Waals surface area contributed by atoms with Gasteiger partial charge >= 0.3 is 0 Å². The summed E-state index contributed by atoms with van der Waals surface area (Å²) in [6.45, 7) is 1.85. The molecule has 0 saturated heterocycles. The van der Waals surface area contributed by atoms with Gasteiger partial charge in [-0.05, 0) is 36.8 Å². The van der Waals surface area contributed by atoms with Gasteiger partial charge in [0.25, 0.3) is 0 Å². The van der Waals surface area contributed by atoms with Crippen LogP contribution in [0.3, 0.4) is 0 Å². The fourth-order valence-electron chi connectivity index (χ4n) is 1.48. The van der Waals surface area contributed by atoms with Crippen molar-refractivity contribution in [3.05, 3.63) is 64.2 Å². The molecule has 0 radical (unpaired) electrons. The number of pyridine rings is 1. The zero-order valence-corrected chi connectivity index (χ0v) is 9.83. The highest BCUT2D eigenvalue weighted by molar-refractivity contribution is 6.31. The van der Waals surface area contributed by atoms with Gasteiger partial charge in [0, 0.05) is 23.5 Å². The van der Waals surface area contributed by atoms with Crippen molar-refractivity contribution in [2.24, 2.45) is 0 Å². The third-order valence-electron chi connectivity index (χ3n) is 2.32. The van der Waals surface area contributed by atoms with Crippen LogP contribution in [0, 0.1) is 12.7 Å². The molecular weight excluding hydrogens is 241 g/mol. The van der Waals surface area contributed by atoms with Crippen LogP contribution in [-0.2, 0) is 0 Å². The van der Waals surface area contributed by atoms with Crippen molar-refractivity contribution in [2.45, 2.75) is 6.92 Å². The molecule has 0 aliphatic rings. The second-order valence-electron chi connectivity index (χ2n) is 3.71. The Morgan fingerprint density at radius 1 is 1.24 bits per heavy atom. The lowest BCUT2D eigenvalue weighted by molar-refractivity contribution is 0.103. The molecule has 0 unspecified atom stereocenters. The summed E-state index contributed by atoms with van der Waals surface area (Å²) in [5, 5.41) is -0.0588. The molecule has 17 heavy (non-hydrogen) atoms. The predicted molar refractivity (Wildman–Crippen MR) is 63.8 cm³/mol. The van der Waals surface area contributed by atoms with Crippen LogP contribution >= 0.6 is 11.6 Å². The number of halogens is 2. The average molecular weight is 250 g/mol. The summed E-state index contributed by atoms with van der Waals surface area (Å²) >= 11 is 5.63. The summed E-state index contributed by atoms with van der Waals surface area (Å²) in [7, 11) is 0. The van der Waals surface area contributed by atoms with Crippen molar-refractivity contribution < 1.29 is 9.18 Å². The number of benzene rings is 1. The minimum absolute atomic E-state index is 0.0588. The SMILES string of the molecule is Cc1cncc(C(=O)c2ccc(F)c(Cl)c2)c1. The first-order chi connectivity index (χ1) is 8.08. The van der Waals surface area contributed by atoms with E-state index < -0.39 is 5.82 Å². The van der Waals surface area contributed by atoms with Gasteiger partial charge in [-0.2, -0.15) is 0 Å². The quantitative estimate of drug-likeness (QED) is 0.764. The van der Waals surface area contributed by atoms with E-state index in [0.717, 1.165) is 5.56 Å². The van der Waals surface area contributed by atoms with E-state index in [2.05, 4.69) is 4.98 Å². The predicted octanol–water partition coefficient (Wildman–Crippen LogP) is 3.41. The fraction of sp³-hybridized carbons (Fsp3) is 0.0769. The first-order valence-corrected chi connectivity index (χ1v) is 5.37. The molecule has 0 aliphatic heterocycles. The molecule has 2 rings (SSSR count). The van der Waals surface area contributed by atoms with Gasteiger partial charge in [-0.15, -0.1) is 0 Å². The van der Waals surface area contributed by atoms with E-state index in [1.165, 1.54) is 24.4 Å². The Morgan fingerprint density at radius 2 is 2.00 bits per heavy atom. The van der Waals surface area contributed by atoms with Gasteiger partial charge in [0.05, 0.1) is 5.02 Å². The lowest BCUT2D eigenvalue weighted by Gasteiger charge is -2.02. The highest BCUT2D eigenvalue weighted by Crippen LogP contribution is 2.18. The molecular formula is C13H9ClFNO. The van der Waals surface area contributed by atoms with Gasteiger partial charge in [-0.3, -0.25) is 9.78 Å². The van der Waals surface area contributed by atoms with Gasteiger partial charge in [-0.1, -0.05) is 11.6 Å². The first-order valence-electron chi connectivity index (χ1n) is 4.99. The van der Waals surface area contributed by atoms with Crippen molar-refractivity contribution in [3.8, 4) is 0 Å². The van der Waals surface area contributed by atoms with Crippen LogP contribution in [0.1, 0.15) is 21.5 Å². The standard InChI is InChI=1S/C13H9ClFNO/c1-8-4-10(7-16-6-8)13(17)9-2-3-12(15)11(14)5-9/h2-7H,1H3. The van der Waals surface area contributed by atoms with Crippen LogP contribution < -0.4 is 0 Å². The molecule has 0 bridgehead atoms. The maximum atomic E-state index is 13.0. The molecule has 0 spiro atoms. The van der Waals surface area contributed by atoms with E-state index in [4.69, 9.17) is 11.6 Å². The molecule has 86 valence electrons. The number of aryl methyl sites for hydroxylation is 1. The molecule has 1 aromatic carbocycles. The van der Waals surface area contributed by atoms with Gasteiger partial charge in [0.1, 0.15) is 5.82 Å². The summed E-state index contributed by atoms with van der Waals surface area (Å²) < 4.78 is 13.0. The Hall–Kier alpha value is -1.74. The number of hydrogen-bond acceptors (Lipinski definition) is 2. The normalized spacial score (nSPS) is 10.3. The summed E-state index contributed by atoms with van der Waals surface area (Å²) in [5.74, 6) is -0.756.